The van der Waals surface area contributed by atoms with Crippen molar-refractivity contribution in [2.45, 2.75) is 110 Å². The lowest BCUT2D eigenvalue weighted by atomic mass is 9.82. The van der Waals surface area contributed by atoms with Crippen LogP contribution in [0.1, 0.15) is 91.9 Å². The van der Waals surface area contributed by atoms with E-state index in [0.717, 1.165) is 38.5 Å². The van der Waals surface area contributed by atoms with Crippen LogP contribution in [0.2, 0.25) is 0 Å². The average Bonchev–Trinajstić information content (AvgIpc) is 2.59. The summed E-state index contributed by atoms with van der Waals surface area (Å²) < 4.78 is 5.52. The molecule has 160 valence electrons. The Bertz CT molecular complexity index is 402. The molecule has 0 bridgehead atoms. The zero-order valence-corrected chi connectivity index (χ0v) is 18.0. The Kier molecular flexibility index (Phi) is 12.0. The highest BCUT2D eigenvalue weighted by molar-refractivity contribution is 5.67. The van der Waals surface area contributed by atoms with E-state index in [0.29, 0.717) is 12.5 Å². The van der Waals surface area contributed by atoms with Gasteiger partial charge < -0.3 is 20.3 Å². The molecule has 0 aromatic carbocycles. The number of amides is 1. The maximum Gasteiger partial charge on any atom is 0.407 e. The first-order valence-electron chi connectivity index (χ1n) is 11.1. The van der Waals surface area contributed by atoms with E-state index >= 15 is 0 Å². The Labute approximate surface area is 166 Å². The molecule has 5 heteroatoms. The molecule has 0 radical (unpaired) electrons. The second-order valence-corrected chi connectivity index (χ2v) is 8.87. The summed E-state index contributed by atoms with van der Waals surface area (Å²) in [4.78, 5) is 11.7. The molecular formula is C22H43NO4. The maximum atomic E-state index is 11.7. The van der Waals surface area contributed by atoms with E-state index in [4.69, 9.17) is 4.74 Å². The highest BCUT2D eigenvalue weighted by Crippen LogP contribution is 2.28. The van der Waals surface area contributed by atoms with Crippen molar-refractivity contribution < 1.29 is 19.7 Å². The number of carbonyl (C=O) groups is 1. The van der Waals surface area contributed by atoms with Gasteiger partial charge in [0.05, 0.1) is 12.2 Å². The summed E-state index contributed by atoms with van der Waals surface area (Å²) in [6.07, 6.45) is 9.44. The molecule has 1 saturated heterocycles. The van der Waals surface area contributed by atoms with Crippen LogP contribution in [-0.2, 0) is 4.74 Å². The van der Waals surface area contributed by atoms with Crippen molar-refractivity contribution in [3.05, 3.63) is 0 Å². The van der Waals surface area contributed by atoms with Gasteiger partial charge in [0, 0.05) is 12.5 Å². The molecule has 1 rings (SSSR count). The first-order valence-corrected chi connectivity index (χ1v) is 11.1. The number of hydrogen-bond acceptors (Lipinski definition) is 4. The lowest BCUT2D eigenvalue weighted by Crippen LogP contribution is -2.41. The number of hydrogen-bond donors (Lipinski definition) is 3. The van der Waals surface area contributed by atoms with Crippen molar-refractivity contribution in [3.8, 4) is 0 Å². The Morgan fingerprint density at radius 2 is 1.70 bits per heavy atom. The van der Waals surface area contributed by atoms with Crippen molar-refractivity contribution in [1.29, 1.82) is 0 Å². The summed E-state index contributed by atoms with van der Waals surface area (Å²) in [6.45, 7) is 8.92. The van der Waals surface area contributed by atoms with Crippen LogP contribution < -0.4 is 5.32 Å². The van der Waals surface area contributed by atoms with E-state index in [-0.39, 0.29) is 30.1 Å². The molecule has 0 saturated carbocycles. The van der Waals surface area contributed by atoms with Crippen molar-refractivity contribution in [3.63, 3.8) is 0 Å². The van der Waals surface area contributed by atoms with E-state index in [1.807, 2.05) is 13.8 Å². The number of unbranched alkanes of at least 4 members (excludes halogenated alkanes) is 3. The van der Waals surface area contributed by atoms with Gasteiger partial charge in [-0.3, -0.25) is 0 Å². The monoisotopic (exact) mass is 385 g/mol. The summed E-state index contributed by atoms with van der Waals surface area (Å²) in [5, 5.41) is 22.8. The number of nitrogens with one attached hydrogen (secondary N) is 1. The van der Waals surface area contributed by atoms with Gasteiger partial charge in [-0.1, -0.05) is 52.9 Å². The number of aliphatic hydroxyl groups is 2. The molecule has 0 aliphatic carbocycles. The SMILES string of the molecule is CC(O)CCCCCCC(C)CC(C)C(O)C(C)C1CCCCNC(=O)O1. The van der Waals surface area contributed by atoms with Crippen LogP contribution in [0.5, 0.6) is 0 Å². The molecule has 1 amide bonds. The normalized spacial score (nSPS) is 23.9. The van der Waals surface area contributed by atoms with E-state index in [2.05, 4.69) is 19.2 Å². The summed E-state index contributed by atoms with van der Waals surface area (Å²) in [5.41, 5.74) is 0. The standard InChI is InChI=1S/C22H43NO4/c1-16(11-7-5-6-8-12-18(3)24)15-17(2)21(25)19(4)20-13-9-10-14-23-22(26)27-20/h16-21,24-25H,5-15H2,1-4H3,(H,23,26). The largest absolute Gasteiger partial charge is 0.446 e. The predicted octanol–water partition coefficient (Wildman–Crippen LogP) is 4.65. The molecule has 1 aliphatic rings. The van der Waals surface area contributed by atoms with Crippen LogP contribution in [-0.4, -0.2) is 41.2 Å². The van der Waals surface area contributed by atoms with Crippen LogP contribution in [0.3, 0.4) is 0 Å². The number of alkyl carbamates (subject to hydrolysis) is 1. The topological polar surface area (TPSA) is 78.8 Å². The summed E-state index contributed by atoms with van der Waals surface area (Å²) in [7, 11) is 0. The van der Waals surface area contributed by atoms with Gasteiger partial charge in [0.2, 0.25) is 0 Å². The Balaban J connectivity index is 2.30. The summed E-state index contributed by atoms with van der Waals surface area (Å²) in [5.74, 6) is 0.735. The van der Waals surface area contributed by atoms with E-state index < -0.39 is 6.10 Å². The number of carbonyl (C=O) groups excluding carboxylic acids is 1. The minimum absolute atomic E-state index is 0.0449. The lowest BCUT2D eigenvalue weighted by Gasteiger charge is -2.33. The Hall–Kier alpha value is -0.810. The molecule has 0 aromatic rings. The summed E-state index contributed by atoms with van der Waals surface area (Å²) >= 11 is 0. The third kappa shape index (κ3) is 10.3. The average molecular weight is 386 g/mol. The van der Waals surface area contributed by atoms with Gasteiger partial charge >= 0.3 is 6.09 Å². The number of aliphatic hydroxyl groups excluding tert-OH is 2. The summed E-state index contributed by atoms with van der Waals surface area (Å²) in [6, 6.07) is 0. The minimum Gasteiger partial charge on any atom is -0.446 e. The number of rotatable bonds is 12. The van der Waals surface area contributed by atoms with Gasteiger partial charge in [0.15, 0.2) is 0 Å². The van der Waals surface area contributed by atoms with Crippen LogP contribution in [0, 0.1) is 17.8 Å². The Morgan fingerprint density at radius 1 is 1.04 bits per heavy atom. The molecule has 3 N–H and O–H groups in total. The molecule has 0 spiro atoms. The van der Waals surface area contributed by atoms with E-state index in [9.17, 15) is 15.0 Å². The fourth-order valence-corrected chi connectivity index (χ4v) is 4.19. The second-order valence-electron chi connectivity index (χ2n) is 8.87. The predicted molar refractivity (Wildman–Crippen MR) is 110 cm³/mol. The second kappa shape index (κ2) is 13.4. The quantitative estimate of drug-likeness (QED) is 0.427. The zero-order valence-electron chi connectivity index (χ0n) is 18.0. The van der Waals surface area contributed by atoms with E-state index in [1.54, 1.807) is 0 Å². The number of ether oxygens (including phenoxy) is 1. The lowest BCUT2D eigenvalue weighted by molar-refractivity contribution is -0.0254. The smallest absolute Gasteiger partial charge is 0.407 e. The van der Waals surface area contributed by atoms with Gasteiger partial charge in [-0.15, -0.1) is 0 Å². The van der Waals surface area contributed by atoms with Crippen molar-refractivity contribution >= 4 is 6.09 Å². The molecule has 1 aliphatic heterocycles. The van der Waals surface area contributed by atoms with Gasteiger partial charge in [-0.25, -0.2) is 4.79 Å². The van der Waals surface area contributed by atoms with Crippen LogP contribution in [0.15, 0.2) is 0 Å². The van der Waals surface area contributed by atoms with Crippen molar-refractivity contribution in [2.75, 3.05) is 6.54 Å². The molecule has 1 heterocycles. The first-order chi connectivity index (χ1) is 12.8. The van der Waals surface area contributed by atoms with Gasteiger partial charge in [0.25, 0.3) is 0 Å². The van der Waals surface area contributed by atoms with Crippen LogP contribution in [0.25, 0.3) is 0 Å². The maximum absolute atomic E-state index is 11.7. The van der Waals surface area contributed by atoms with E-state index in [1.165, 1.54) is 25.7 Å². The number of cyclic esters (lactones) is 1. The fraction of sp³-hybridized carbons (Fsp3) is 0.955. The molecule has 5 nitrogen and oxygen atoms in total. The van der Waals surface area contributed by atoms with Crippen LogP contribution in [0.4, 0.5) is 4.79 Å². The highest BCUT2D eigenvalue weighted by Gasteiger charge is 2.31. The van der Waals surface area contributed by atoms with Gasteiger partial charge in [-0.05, 0) is 50.9 Å². The fourth-order valence-electron chi connectivity index (χ4n) is 4.19. The Morgan fingerprint density at radius 3 is 2.37 bits per heavy atom. The molecule has 6 unspecified atom stereocenters. The minimum atomic E-state index is -0.448. The molecule has 6 atom stereocenters. The molecule has 27 heavy (non-hydrogen) atoms. The molecule has 1 fully saturated rings. The molecular weight excluding hydrogens is 342 g/mol. The van der Waals surface area contributed by atoms with Crippen molar-refractivity contribution in [1.82, 2.24) is 5.32 Å². The van der Waals surface area contributed by atoms with Gasteiger partial charge in [-0.2, -0.15) is 0 Å². The van der Waals surface area contributed by atoms with Gasteiger partial charge in [0.1, 0.15) is 6.10 Å². The highest BCUT2D eigenvalue weighted by atomic mass is 16.6. The van der Waals surface area contributed by atoms with Crippen LogP contribution >= 0.6 is 0 Å². The first kappa shape index (κ1) is 24.2. The molecule has 0 aromatic heterocycles. The zero-order chi connectivity index (χ0) is 20.2. The third-order valence-electron chi connectivity index (χ3n) is 5.99. The van der Waals surface area contributed by atoms with Crippen molar-refractivity contribution in [2.24, 2.45) is 17.8 Å². The third-order valence-corrected chi connectivity index (χ3v) is 5.99.